The number of hydrogen-bond acceptors (Lipinski definition) is 6. The van der Waals surface area contributed by atoms with Crippen LogP contribution in [0.2, 0.25) is 0 Å². The molecule has 0 atom stereocenters. The first-order valence-corrected chi connectivity index (χ1v) is 9.86. The van der Waals surface area contributed by atoms with Crippen molar-refractivity contribution in [3.63, 3.8) is 0 Å². The van der Waals surface area contributed by atoms with E-state index in [1.807, 2.05) is 0 Å². The smallest absolute Gasteiger partial charge is 0.269 e. The van der Waals surface area contributed by atoms with Crippen LogP contribution in [0.1, 0.15) is 11.1 Å². The predicted octanol–water partition coefficient (Wildman–Crippen LogP) is 3.54. The summed E-state index contributed by atoms with van der Waals surface area (Å²) in [5.41, 5.74) is 1.44. The minimum absolute atomic E-state index is 0.0139. The number of likely N-dealkylation sites (N-methyl/N-ethyl adjacent to an activating group) is 2. The number of nitro benzene ring substituents is 1. The second-order valence-corrected chi connectivity index (χ2v) is 7.69. The normalized spacial score (nSPS) is 14.2. The Morgan fingerprint density at radius 1 is 1.10 bits per heavy atom. The maximum atomic E-state index is 12.4. The average Bonchev–Trinajstić information content (AvgIpc) is 2.73. The van der Waals surface area contributed by atoms with E-state index in [9.17, 15) is 19.7 Å². The largest absolute Gasteiger partial charge is 0.488 e. The van der Waals surface area contributed by atoms with Crippen LogP contribution in [-0.2, 0) is 16.2 Å². The van der Waals surface area contributed by atoms with Crippen molar-refractivity contribution in [1.82, 2.24) is 9.80 Å². The van der Waals surface area contributed by atoms with Crippen molar-refractivity contribution in [2.45, 2.75) is 6.61 Å². The van der Waals surface area contributed by atoms with Gasteiger partial charge in [0.1, 0.15) is 17.9 Å². The average molecular weight is 490 g/mol. The zero-order chi connectivity index (χ0) is 22.0. The Kier molecular flexibility index (Phi) is 6.28. The minimum Gasteiger partial charge on any atom is -0.488 e. The molecule has 1 saturated heterocycles. The van der Waals surface area contributed by atoms with E-state index in [2.05, 4.69) is 15.9 Å². The van der Waals surface area contributed by atoms with Gasteiger partial charge in [-0.25, -0.2) is 0 Å². The van der Waals surface area contributed by atoms with Crippen LogP contribution in [0.4, 0.5) is 5.69 Å². The van der Waals surface area contributed by atoms with Gasteiger partial charge in [-0.2, -0.15) is 0 Å². The molecule has 0 unspecified atom stereocenters. The number of ether oxygens (including phenoxy) is 1. The molecule has 0 saturated carbocycles. The third-order valence-electron chi connectivity index (χ3n) is 4.45. The van der Waals surface area contributed by atoms with Crippen LogP contribution in [0.5, 0.6) is 5.75 Å². The lowest BCUT2D eigenvalue weighted by Gasteiger charge is -2.31. The summed E-state index contributed by atoms with van der Waals surface area (Å²) in [5, 5.41) is 10.9. The van der Waals surface area contributed by atoms with Crippen molar-refractivity contribution < 1.29 is 19.2 Å². The molecular formula is C20H16BrN3O5S. The molecule has 3 rings (SSSR count). The number of benzene rings is 2. The first-order chi connectivity index (χ1) is 14.2. The molecule has 2 amide bonds. The summed E-state index contributed by atoms with van der Waals surface area (Å²) >= 11 is 8.50. The van der Waals surface area contributed by atoms with E-state index in [0.29, 0.717) is 15.8 Å². The maximum Gasteiger partial charge on any atom is 0.269 e. The van der Waals surface area contributed by atoms with Crippen LogP contribution in [0.15, 0.2) is 52.5 Å². The van der Waals surface area contributed by atoms with Gasteiger partial charge in [-0.05, 0) is 69.6 Å². The van der Waals surface area contributed by atoms with Gasteiger partial charge in [0.15, 0.2) is 5.11 Å². The number of carbonyl (C=O) groups is 2. The first-order valence-electron chi connectivity index (χ1n) is 8.66. The zero-order valence-corrected chi connectivity index (χ0v) is 18.4. The number of nitro groups is 1. The van der Waals surface area contributed by atoms with Crippen molar-refractivity contribution in [2.75, 3.05) is 14.1 Å². The topological polar surface area (TPSA) is 93.0 Å². The second kappa shape index (κ2) is 8.72. The van der Waals surface area contributed by atoms with Crippen molar-refractivity contribution in [2.24, 2.45) is 0 Å². The number of hydrogen-bond donors (Lipinski definition) is 0. The first kappa shape index (κ1) is 21.6. The van der Waals surface area contributed by atoms with Gasteiger partial charge in [-0.15, -0.1) is 0 Å². The Morgan fingerprint density at radius 3 is 2.23 bits per heavy atom. The zero-order valence-electron chi connectivity index (χ0n) is 16.0. The monoisotopic (exact) mass is 489 g/mol. The second-order valence-electron chi connectivity index (χ2n) is 6.47. The van der Waals surface area contributed by atoms with Gasteiger partial charge in [0.05, 0.1) is 9.40 Å². The molecule has 8 nitrogen and oxygen atoms in total. The number of thiocarbonyl (C=S) groups is 1. The lowest BCUT2D eigenvalue weighted by molar-refractivity contribution is -0.384. The fourth-order valence-corrected chi connectivity index (χ4v) is 3.42. The van der Waals surface area contributed by atoms with Gasteiger partial charge < -0.3 is 4.74 Å². The summed E-state index contributed by atoms with van der Waals surface area (Å²) < 4.78 is 6.38. The third-order valence-corrected chi connectivity index (χ3v) is 5.62. The number of amides is 2. The van der Waals surface area contributed by atoms with E-state index in [0.717, 1.165) is 5.56 Å². The molecule has 1 aliphatic rings. The molecule has 0 aromatic heterocycles. The van der Waals surface area contributed by atoms with Crippen molar-refractivity contribution >= 4 is 56.8 Å². The van der Waals surface area contributed by atoms with E-state index in [1.54, 1.807) is 30.3 Å². The van der Waals surface area contributed by atoms with Crippen LogP contribution in [0.3, 0.4) is 0 Å². The van der Waals surface area contributed by atoms with Gasteiger partial charge in [0.25, 0.3) is 17.5 Å². The fourth-order valence-electron chi connectivity index (χ4n) is 2.74. The predicted molar refractivity (Wildman–Crippen MR) is 118 cm³/mol. The van der Waals surface area contributed by atoms with Gasteiger partial charge in [-0.3, -0.25) is 29.5 Å². The molecule has 154 valence electrons. The van der Waals surface area contributed by atoms with E-state index in [4.69, 9.17) is 17.0 Å². The SMILES string of the molecule is CN1C(=O)C(=Cc2ccc(OCc3ccc([N+](=O)[O-])cc3)c(Br)c2)C(=O)N(C)C1=S. The highest BCUT2D eigenvalue weighted by Gasteiger charge is 2.35. The van der Waals surface area contributed by atoms with Crippen LogP contribution in [0, 0.1) is 10.1 Å². The van der Waals surface area contributed by atoms with E-state index >= 15 is 0 Å². The summed E-state index contributed by atoms with van der Waals surface area (Å²) in [6.45, 7) is 0.223. The Morgan fingerprint density at radius 2 is 1.70 bits per heavy atom. The molecule has 10 heteroatoms. The minimum atomic E-state index is -0.460. The van der Waals surface area contributed by atoms with Gasteiger partial charge in [0.2, 0.25) is 0 Å². The van der Waals surface area contributed by atoms with Gasteiger partial charge >= 0.3 is 0 Å². The Bertz CT molecular complexity index is 1060. The molecule has 2 aromatic carbocycles. The fraction of sp³-hybridized carbons (Fsp3) is 0.150. The molecule has 30 heavy (non-hydrogen) atoms. The van der Waals surface area contributed by atoms with E-state index < -0.39 is 16.7 Å². The molecule has 0 radical (unpaired) electrons. The van der Waals surface area contributed by atoms with E-state index in [-0.39, 0.29) is 23.0 Å². The summed E-state index contributed by atoms with van der Waals surface area (Å²) in [6, 6.07) is 11.2. The third kappa shape index (κ3) is 4.39. The van der Waals surface area contributed by atoms with Gasteiger partial charge in [-0.1, -0.05) is 6.07 Å². The van der Waals surface area contributed by atoms with E-state index in [1.165, 1.54) is 42.1 Å². The summed E-state index contributed by atoms with van der Waals surface area (Å²) in [7, 11) is 3.04. The number of halogens is 1. The molecule has 0 bridgehead atoms. The molecule has 2 aromatic rings. The summed E-state index contributed by atoms with van der Waals surface area (Å²) in [5.74, 6) is -0.373. The number of non-ortho nitro benzene ring substituents is 1. The molecule has 0 aliphatic carbocycles. The lowest BCUT2D eigenvalue weighted by atomic mass is 10.1. The molecule has 1 heterocycles. The highest BCUT2D eigenvalue weighted by atomic mass is 79.9. The van der Waals surface area contributed by atoms with Crippen LogP contribution >= 0.6 is 28.1 Å². The molecule has 1 aliphatic heterocycles. The highest BCUT2D eigenvalue weighted by Crippen LogP contribution is 2.29. The number of nitrogens with zero attached hydrogens (tertiary/aromatic N) is 3. The quantitative estimate of drug-likeness (QED) is 0.209. The number of carbonyl (C=O) groups excluding carboxylic acids is 2. The Hall–Kier alpha value is -3.11. The lowest BCUT2D eigenvalue weighted by Crippen LogP contribution is -2.52. The Balaban J connectivity index is 1.75. The standard InChI is InChI=1S/C20H16BrN3O5S/c1-22-18(25)15(19(26)23(2)20(22)30)9-13-5-8-17(16(21)10-13)29-11-12-3-6-14(7-4-12)24(27)28/h3-10H,11H2,1-2H3. The summed E-state index contributed by atoms with van der Waals surface area (Å²) in [6.07, 6.45) is 1.50. The van der Waals surface area contributed by atoms with Crippen molar-refractivity contribution in [3.8, 4) is 5.75 Å². The molecular weight excluding hydrogens is 474 g/mol. The Labute approximate surface area is 186 Å². The van der Waals surface area contributed by atoms with Crippen molar-refractivity contribution in [1.29, 1.82) is 0 Å². The van der Waals surface area contributed by atoms with Crippen LogP contribution in [-0.4, -0.2) is 45.7 Å². The van der Waals surface area contributed by atoms with Crippen molar-refractivity contribution in [3.05, 3.63) is 73.8 Å². The van der Waals surface area contributed by atoms with Gasteiger partial charge in [0, 0.05) is 26.2 Å². The number of rotatable bonds is 5. The summed E-state index contributed by atoms with van der Waals surface area (Å²) in [4.78, 5) is 37.6. The maximum absolute atomic E-state index is 12.4. The van der Waals surface area contributed by atoms with Crippen LogP contribution in [0.25, 0.3) is 6.08 Å². The molecule has 0 N–H and O–H groups in total. The molecule has 0 spiro atoms. The highest BCUT2D eigenvalue weighted by molar-refractivity contribution is 9.10. The van der Waals surface area contributed by atoms with Crippen LogP contribution < -0.4 is 4.74 Å². The molecule has 1 fully saturated rings.